The molecule has 1 aromatic carbocycles. The molecule has 0 amide bonds. The van der Waals surface area contributed by atoms with Gasteiger partial charge in [0.15, 0.2) is 0 Å². The average Bonchev–Trinajstić information content (AvgIpc) is 2.38. The molecule has 6 nitrogen and oxygen atoms in total. The van der Waals surface area contributed by atoms with E-state index in [1.807, 2.05) is 0 Å². The Morgan fingerprint density at radius 1 is 1.37 bits per heavy atom. The molecule has 0 aliphatic rings. The minimum atomic E-state index is -3.90. The summed E-state index contributed by atoms with van der Waals surface area (Å²) in [4.78, 5) is -0.0774. The molecule has 1 aromatic rings. The summed E-state index contributed by atoms with van der Waals surface area (Å²) in [7, 11) is -2.48. The maximum atomic E-state index is 12.1. The van der Waals surface area contributed by atoms with Gasteiger partial charge in [-0.15, -0.1) is 0 Å². The van der Waals surface area contributed by atoms with Crippen LogP contribution in [0.25, 0.3) is 0 Å². The largest absolute Gasteiger partial charge is 0.495 e. The second-order valence-electron chi connectivity index (χ2n) is 4.28. The molecule has 0 radical (unpaired) electrons. The lowest BCUT2D eigenvalue weighted by atomic mass is 10.1. The van der Waals surface area contributed by atoms with Crippen LogP contribution in [0, 0.1) is 0 Å². The van der Waals surface area contributed by atoms with Crippen molar-refractivity contribution in [3.63, 3.8) is 0 Å². The van der Waals surface area contributed by atoms with Crippen LogP contribution in [0.15, 0.2) is 23.1 Å². The fraction of sp³-hybridized carbons (Fsp3) is 0.455. The van der Waals surface area contributed by atoms with E-state index in [1.54, 1.807) is 0 Å². The van der Waals surface area contributed by atoms with E-state index in [0.717, 1.165) is 0 Å². The summed E-state index contributed by atoms with van der Waals surface area (Å²) in [5, 5.41) is 18.4. The molecule has 0 aliphatic heterocycles. The van der Waals surface area contributed by atoms with Gasteiger partial charge in [0.2, 0.25) is 10.0 Å². The molecule has 1 rings (SSSR count). The third-order valence-corrected chi connectivity index (χ3v) is 4.44. The number of hydrogen-bond donors (Lipinski definition) is 3. The Hall–Kier alpha value is -0.860. The topological polar surface area (TPSA) is 95.9 Å². The summed E-state index contributed by atoms with van der Waals surface area (Å²) in [6, 6.07) is 3.98. The lowest BCUT2D eigenvalue weighted by Crippen LogP contribution is -2.51. The summed E-state index contributed by atoms with van der Waals surface area (Å²) in [5.74, 6) is 0.354. The highest BCUT2D eigenvalue weighted by Gasteiger charge is 2.29. The summed E-state index contributed by atoms with van der Waals surface area (Å²) >= 11 is 5.86. The fourth-order valence-corrected chi connectivity index (χ4v) is 3.05. The molecule has 0 aliphatic carbocycles. The van der Waals surface area contributed by atoms with Crippen LogP contribution in [0.5, 0.6) is 5.75 Å². The van der Waals surface area contributed by atoms with Gasteiger partial charge in [-0.05, 0) is 25.1 Å². The molecule has 108 valence electrons. The number of nitrogens with one attached hydrogen (secondary N) is 1. The lowest BCUT2D eigenvalue weighted by Gasteiger charge is -2.25. The van der Waals surface area contributed by atoms with Gasteiger partial charge in [0.25, 0.3) is 0 Å². The van der Waals surface area contributed by atoms with Crippen LogP contribution in [-0.4, -0.2) is 44.5 Å². The Labute approximate surface area is 117 Å². The Morgan fingerprint density at radius 2 is 1.95 bits per heavy atom. The van der Waals surface area contributed by atoms with Gasteiger partial charge >= 0.3 is 0 Å². The van der Waals surface area contributed by atoms with E-state index in [2.05, 4.69) is 4.72 Å². The summed E-state index contributed by atoms with van der Waals surface area (Å²) in [6.07, 6.45) is 0. The van der Waals surface area contributed by atoms with Crippen molar-refractivity contribution in [3.8, 4) is 5.75 Å². The molecule has 0 aromatic heterocycles. The highest BCUT2D eigenvalue weighted by molar-refractivity contribution is 7.89. The first kappa shape index (κ1) is 16.2. The van der Waals surface area contributed by atoms with Gasteiger partial charge in [0.1, 0.15) is 5.75 Å². The Kier molecular flexibility index (Phi) is 5.17. The summed E-state index contributed by atoms with van der Waals surface area (Å²) in [6.45, 7) is 0.314. The number of rotatable bonds is 6. The zero-order valence-electron chi connectivity index (χ0n) is 10.6. The predicted molar refractivity (Wildman–Crippen MR) is 70.9 cm³/mol. The molecule has 0 saturated heterocycles. The van der Waals surface area contributed by atoms with Gasteiger partial charge in [-0.25, -0.2) is 13.1 Å². The summed E-state index contributed by atoms with van der Waals surface area (Å²) in [5.41, 5.74) is -1.34. The SMILES string of the molecule is COc1ccc(S(=O)(=O)NC(C)(CO)CO)cc1Cl. The molecule has 8 heteroatoms. The van der Waals surface area contributed by atoms with Crippen molar-refractivity contribution in [3.05, 3.63) is 23.2 Å². The van der Waals surface area contributed by atoms with E-state index in [-0.39, 0.29) is 9.92 Å². The number of aliphatic hydroxyl groups is 2. The van der Waals surface area contributed by atoms with Crippen molar-refractivity contribution in [1.82, 2.24) is 4.72 Å². The van der Waals surface area contributed by atoms with Gasteiger partial charge < -0.3 is 14.9 Å². The van der Waals surface area contributed by atoms with Crippen molar-refractivity contribution in [2.75, 3.05) is 20.3 Å². The molecule has 0 spiro atoms. The zero-order chi connectivity index (χ0) is 14.7. The number of hydrogen-bond acceptors (Lipinski definition) is 5. The van der Waals surface area contributed by atoms with Crippen LogP contribution in [0.1, 0.15) is 6.92 Å². The lowest BCUT2D eigenvalue weighted by molar-refractivity contribution is 0.122. The maximum Gasteiger partial charge on any atom is 0.241 e. The standard InChI is InChI=1S/C11H16ClNO5S/c1-11(6-14,7-15)13-19(16,17)8-3-4-10(18-2)9(12)5-8/h3-5,13-15H,6-7H2,1-2H3. The van der Waals surface area contributed by atoms with Gasteiger partial charge in [-0.1, -0.05) is 11.6 Å². The molecular weight excluding hydrogens is 294 g/mol. The van der Waals surface area contributed by atoms with Crippen molar-refractivity contribution in [2.45, 2.75) is 17.4 Å². The second-order valence-corrected chi connectivity index (χ2v) is 6.37. The van der Waals surface area contributed by atoms with Crippen molar-refractivity contribution < 1.29 is 23.4 Å². The number of ether oxygens (including phenoxy) is 1. The van der Waals surface area contributed by atoms with E-state index >= 15 is 0 Å². The molecule has 0 bridgehead atoms. The van der Waals surface area contributed by atoms with E-state index in [9.17, 15) is 8.42 Å². The number of aliphatic hydroxyl groups excluding tert-OH is 2. The molecular formula is C11H16ClNO5S. The van der Waals surface area contributed by atoms with Crippen molar-refractivity contribution >= 4 is 21.6 Å². The second kappa shape index (κ2) is 6.06. The van der Waals surface area contributed by atoms with Gasteiger partial charge in [-0.3, -0.25) is 0 Å². The number of benzene rings is 1. The number of halogens is 1. The normalized spacial score (nSPS) is 12.5. The quantitative estimate of drug-likeness (QED) is 0.705. The first-order valence-electron chi connectivity index (χ1n) is 5.37. The van der Waals surface area contributed by atoms with Gasteiger partial charge in [0, 0.05) is 0 Å². The van der Waals surface area contributed by atoms with E-state index in [0.29, 0.717) is 5.75 Å². The van der Waals surface area contributed by atoms with E-state index in [4.69, 9.17) is 26.6 Å². The smallest absolute Gasteiger partial charge is 0.241 e. The molecule has 0 fully saturated rings. The third-order valence-electron chi connectivity index (χ3n) is 2.51. The molecule has 19 heavy (non-hydrogen) atoms. The van der Waals surface area contributed by atoms with Crippen molar-refractivity contribution in [1.29, 1.82) is 0 Å². The Balaban J connectivity index is 3.11. The molecule has 0 saturated carbocycles. The highest BCUT2D eigenvalue weighted by atomic mass is 35.5. The van der Waals surface area contributed by atoms with Crippen LogP contribution in [-0.2, 0) is 10.0 Å². The minimum Gasteiger partial charge on any atom is -0.495 e. The van der Waals surface area contributed by atoms with E-state index in [1.165, 1.54) is 32.2 Å². The average molecular weight is 310 g/mol. The Morgan fingerprint density at radius 3 is 2.37 bits per heavy atom. The van der Waals surface area contributed by atoms with Crippen LogP contribution in [0.4, 0.5) is 0 Å². The minimum absolute atomic E-state index is 0.0774. The number of sulfonamides is 1. The van der Waals surface area contributed by atoms with Crippen LogP contribution in [0.2, 0.25) is 5.02 Å². The predicted octanol–water partition coefficient (Wildman–Crippen LogP) is 0.370. The number of methoxy groups -OCH3 is 1. The molecule has 0 heterocycles. The monoisotopic (exact) mass is 309 g/mol. The molecule has 3 N–H and O–H groups in total. The third kappa shape index (κ3) is 3.80. The fourth-order valence-electron chi connectivity index (χ4n) is 1.31. The first-order chi connectivity index (χ1) is 8.78. The van der Waals surface area contributed by atoms with Gasteiger partial charge in [-0.2, -0.15) is 0 Å². The zero-order valence-corrected chi connectivity index (χ0v) is 12.1. The van der Waals surface area contributed by atoms with Crippen LogP contribution in [0.3, 0.4) is 0 Å². The van der Waals surface area contributed by atoms with Crippen LogP contribution >= 0.6 is 11.6 Å². The first-order valence-corrected chi connectivity index (χ1v) is 7.23. The van der Waals surface area contributed by atoms with E-state index < -0.39 is 28.8 Å². The van der Waals surface area contributed by atoms with Crippen LogP contribution < -0.4 is 9.46 Å². The molecule has 0 atom stereocenters. The summed E-state index contributed by atoms with van der Waals surface area (Å²) < 4.78 is 31.3. The highest BCUT2D eigenvalue weighted by Crippen LogP contribution is 2.27. The van der Waals surface area contributed by atoms with Gasteiger partial charge in [0.05, 0.1) is 35.8 Å². The van der Waals surface area contributed by atoms with Crippen molar-refractivity contribution in [2.24, 2.45) is 0 Å². The Bertz CT molecular complexity index is 542. The maximum absolute atomic E-state index is 12.1. The molecule has 0 unspecified atom stereocenters.